The van der Waals surface area contributed by atoms with Crippen molar-refractivity contribution in [3.63, 3.8) is 0 Å². The Morgan fingerprint density at radius 3 is 2.00 bits per heavy atom. The number of aromatic nitrogens is 2. The third kappa shape index (κ3) is 3.55. The first-order chi connectivity index (χ1) is 15.2. The molecular formula is C24H26N2O6. The molecule has 0 unspecified atom stereocenters. The fourth-order valence-electron chi connectivity index (χ4n) is 3.85. The van der Waals surface area contributed by atoms with E-state index in [0.717, 1.165) is 0 Å². The molecule has 0 radical (unpaired) electrons. The molecule has 3 rings (SSSR count). The van der Waals surface area contributed by atoms with Crippen molar-refractivity contribution in [1.82, 2.24) is 9.55 Å². The maximum Gasteiger partial charge on any atom is 0.328 e. The number of hydrogen-bond donors (Lipinski definition) is 0. The minimum Gasteiger partial charge on any atom is -0.465 e. The van der Waals surface area contributed by atoms with Gasteiger partial charge in [-0.15, -0.1) is 0 Å². The van der Waals surface area contributed by atoms with Gasteiger partial charge in [-0.3, -0.25) is 19.2 Å². The number of ketones is 2. The predicted molar refractivity (Wildman–Crippen MR) is 115 cm³/mol. The van der Waals surface area contributed by atoms with Gasteiger partial charge in [0.25, 0.3) is 0 Å². The summed E-state index contributed by atoms with van der Waals surface area (Å²) in [5.74, 6) is -2.00. The van der Waals surface area contributed by atoms with E-state index in [-0.39, 0.29) is 48.4 Å². The summed E-state index contributed by atoms with van der Waals surface area (Å²) in [5.41, 5.74) is -0.632. The van der Waals surface area contributed by atoms with Crippen LogP contribution in [0.5, 0.6) is 0 Å². The van der Waals surface area contributed by atoms with Crippen molar-refractivity contribution in [2.75, 3.05) is 13.2 Å². The third-order valence-corrected chi connectivity index (χ3v) is 5.80. The fourth-order valence-corrected chi connectivity index (χ4v) is 3.85. The van der Waals surface area contributed by atoms with E-state index in [1.54, 1.807) is 65.1 Å². The zero-order valence-corrected chi connectivity index (χ0v) is 18.9. The number of ether oxygens (including phenoxy) is 2. The second-order valence-electron chi connectivity index (χ2n) is 7.58. The second-order valence-corrected chi connectivity index (χ2v) is 7.58. The van der Waals surface area contributed by atoms with Crippen molar-refractivity contribution in [2.45, 2.75) is 39.5 Å². The lowest BCUT2D eigenvalue weighted by atomic mass is 9.77. The van der Waals surface area contributed by atoms with Gasteiger partial charge in [-0.1, -0.05) is 30.3 Å². The Hall–Kier alpha value is -3.55. The van der Waals surface area contributed by atoms with Gasteiger partial charge in [0.05, 0.1) is 13.2 Å². The summed E-state index contributed by atoms with van der Waals surface area (Å²) in [6.07, 6.45) is -0.239. The number of Topliss-reactive ketones (excluding diaryl/α,β-unsaturated/α-hetero) is 2. The molecule has 1 aliphatic rings. The lowest BCUT2D eigenvalue weighted by Crippen LogP contribution is -2.48. The van der Waals surface area contributed by atoms with Crippen molar-refractivity contribution >= 4 is 23.5 Å². The Morgan fingerprint density at radius 2 is 1.47 bits per heavy atom. The Balaban J connectivity index is 2.22. The minimum absolute atomic E-state index is 0.0188. The Morgan fingerprint density at radius 1 is 0.938 bits per heavy atom. The number of allylic oxidation sites excluding steroid dienone is 2. The molecule has 168 valence electrons. The first-order valence-corrected chi connectivity index (χ1v) is 10.4. The molecule has 0 spiro atoms. The van der Waals surface area contributed by atoms with Crippen LogP contribution in [0.3, 0.4) is 0 Å². The summed E-state index contributed by atoms with van der Waals surface area (Å²) in [6, 6.07) is 8.45. The highest BCUT2D eigenvalue weighted by molar-refractivity contribution is 6.25. The summed E-state index contributed by atoms with van der Waals surface area (Å²) in [6.45, 7) is 6.58. The third-order valence-electron chi connectivity index (χ3n) is 5.80. The molecule has 2 aromatic rings. The van der Waals surface area contributed by atoms with Gasteiger partial charge in [0.1, 0.15) is 17.2 Å². The highest BCUT2D eigenvalue weighted by atomic mass is 16.6. The number of fused-ring (bicyclic) bond motifs is 1. The van der Waals surface area contributed by atoms with Gasteiger partial charge in [0.15, 0.2) is 5.41 Å². The quantitative estimate of drug-likeness (QED) is 0.483. The van der Waals surface area contributed by atoms with E-state index >= 15 is 0 Å². The number of carbonyl (C=O) groups is 4. The Bertz CT molecular complexity index is 1110. The molecule has 8 nitrogen and oxygen atoms in total. The van der Waals surface area contributed by atoms with Crippen LogP contribution < -0.4 is 0 Å². The number of esters is 2. The molecule has 1 heterocycles. The average Bonchev–Trinajstić information content (AvgIpc) is 3.11. The SMILES string of the molecule is CCOC(=O)C(Cc1nc2c(n1C)C(=O)C(C)=C(C)C2=O)(C(=O)OCC)c1ccccc1. The van der Waals surface area contributed by atoms with Crippen LogP contribution in [0.15, 0.2) is 41.5 Å². The predicted octanol–water partition coefficient (Wildman–Crippen LogP) is 2.74. The van der Waals surface area contributed by atoms with Crippen LogP contribution in [0, 0.1) is 0 Å². The lowest BCUT2D eigenvalue weighted by molar-refractivity contribution is -0.165. The highest BCUT2D eigenvalue weighted by Crippen LogP contribution is 2.34. The molecule has 0 saturated carbocycles. The summed E-state index contributed by atoms with van der Waals surface area (Å²) in [7, 11) is 1.59. The molecule has 0 aliphatic heterocycles. The normalized spacial score (nSPS) is 13.8. The van der Waals surface area contributed by atoms with E-state index in [2.05, 4.69) is 4.98 Å². The smallest absolute Gasteiger partial charge is 0.328 e. The molecule has 0 fully saturated rings. The number of nitrogens with zero attached hydrogens (tertiary/aromatic N) is 2. The molecule has 8 heteroatoms. The molecule has 0 atom stereocenters. The number of rotatable bonds is 7. The van der Waals surface area contributed by atoms with Gasteiger partial charge in [0.2, 0.25) is 11.6 Å². The Kier molecular flexibility index (Phi) is 6.43. The van der Waals surface area contributed by atoms with Crippen LogP contribution in [0.25, 0.3) is 0 Å². The summed E-state index contributed by atoms with van der Waals surface area (Å²) in [5, 5.41) is 0. The van der Waals surface area contributed by atoms with Crippen LogP contribution in [0.4, 0.5) is 0 Å². The molecule has 1 aliphatic carbocycles. The van der Waals surface area contributed by atoms with Crippen molar-refractivity contribution in [1.29, 1.82) is 0 Å². The van der Waals surface area contributed by atoms with E-state index in [4.69, 9.17) is 9.47 Å². The van der Waals surface area contributed by atoms with E-state index in [1.165, 1.54) is 4.57 Å². The first kappa shape index (κ1) is 23.1. The number of benzene rings is 1. The minimum atomic E-state index is -1.85. The zero-order valence-electron chi connectivity index (χ0n) is 18.9. The molecule has 32 heavy (non-hydrogen) atoms. The monoisotopic (exact) mass is 438 g/mol. The maximum absolute atomic E-state index is 13.3. The largest absolute Gasteiger partial charge is 0.465 e. The van der Waals surface area contributed by atoms with Gasteiger partial charge in [-0.25, -0.2) is 4.98 Å². The Labute approximate surface area is 186 Å². The standard InChI is InChI=1S/C24H26N2O6/c1-6-31-22(29)24(23(30)32-7-2,16-11-9-8-10-12-16)13-17-25-18-19(26(17)5)21(28)15(4)14(3)20(18)27/h8-12H,6-7,13H2,1-5H3. The van der Waals surface area contributed by atoms with E-state index in [0.29, 0.717) is 16.7 Å². The van der Waals surface area contributed by atoms with Crippen molar-refractivity contribution in [2.24, 2.45) is 7.05 Å². The molecule has 1 aromatic heterocycles. The summed E-state index contributed by atoms with van der Waals surface area (Å²) in [4.78, 5) is 56.6. The highest BCUT2D eigenvalue weighted by Gasteiger charge is 2.52. The molecule has 0 bridgehead atoms. The first-order valence-electron chi connectivity index (χ1n) is 10.4. The van der Waals surface area contributed by atoms with Crippen LogP contribution in [-0.2, 0) is 37.9 Å². The number of imidazole rings is 1. The van der Waals surface area contributed by atoms with Gasteiger partial charge in [-0.05, 0) is 33.3 Å². The average molecular weight is 438 g/mol. The van der Waals surface area contributed by atoms with Crippen molar-refractivity contribution < 1.29 is 28.7 Å². The second kappa shape index (κ2) is 8.90. The zero-order chi connectivity index (χ0) is 23.6. The summed E-state index contributed by atoms with van der Waals surface area (Å²) < 4.78 is 12.1. The molecule has 1 aromatic carbocycles. The van der Waals surface area contributed by atoms with Crippen LogP contribution >= 0.6 is 0 Å². The fraction of sp³-hybridized carbons (Fsp3) is 0.375. The lowest BCUT2D eigenvalue weighted by Gasteiger charge is -2.29. The van der Waals surface area contributed by atoms with Crippen LogP contribution in [0.2, 0.25) is 0 Å². The van der Waals surface area contributed by atoms with E-state index in [9.17, 15) is 19.2 Å². The number of hydrogen-bond acceptors (Lipinski definition) is 7. The number of carbonyl (C=O) groups excluding carboxylic acids is 4. The maximum atomic E-state index is 13.3. The topological polar surface area (TPSA) is 105 Å². The molecular weight excluding hydrogens is 412 g/mol. The van der Waals surface area contributed by atoms with Gasteiger partial charge >= 0.3 is 11.9 Å². The van der Waals surface area contributed by atoms with E-state index < -0.39 is 17.4 Å². The van der Waals surface area contributed by atoms with Crippen molar-refractivity contribution in [3.05, 3.63) is 64.3 Å². The molecule has 0 N–H and O–H groups in total. The molecule has 0 saturated heterocycles. The van der Waals surface area contributed by atoms with Gasteiger partial charge < -0.3 is 14.0 Å². The van der Waals surface area contributed by atoms with Crippen LogP contribution in [-0.4, -0.2) is 46.3 Å². The van der Waals surface area contributed by atoms with Gasteiger partial charge in [-0.2, -0.15) is 0 Å². The summed E-state index contributed by atoms with van der Waals surface area (Å²) >= 11 is 0. The van der Waals surface area contributed by atoms with Gasteiger partial charge in [0, 0.05) is 24.6 Å². The molecule has 0 amide bonds. The van der Waals surface area contributed by atoms with Crippen molar-refractivity contribution in [3.8, 4) is 0 Å². The van der Waals surface area contributed by atoms with E-state index in [1.807, 2.05) is 0 Å². The van der Waals surface area contributed by atoms with Crippen LogP contribution in [0.1, 0.15) is 60.1 Å².